The summed E-state index contributed by atoms with van der Waals surface area (Å²) in [6.07, 6.45) is 59.8. The van der Waals surface area contributed by atoms with E-state index in [-0.39, 0.29) is 19.4 Å². The quantitative estimate of drug-likeness (QED) is 0.0424. The molecule has 14 heteroatoms. The zero-order valence-corrected chi connectivity index (χ0v) is 63.5. The predicted octanol–water partition coefficient (Wildman–Crippen LogP) is 23.5. The number of unbranched alkanes of at least 4 members (excludes halogenated alkanes) is 45. The van der Waals surface area contributed by atoms with Crippen LogP contribution in [0.3, 0.4) is 0 Å². The van der Waals surface area contributed by atoms with E-state index in [2.05, 4.69) is 46.5 Å². The molecule has 1 aliphatic heterocycles. The molecule has 1 saturated heterocycles. The summed E-state index contributed by atoms with van der Waals surface area (Å²) in [5, 5.41) is 22.6. The van der Waals surface area contributed by atoms with E-state index in [4.69, 9.17) is 23.4 Å². The van der Waals surface area contributed by atoms with Gasteiger partial charge in [-0.25, -0.2) is 4.79 Å². The lowest BCUT2D eigenvalue weighted by Crippen LogP contribution is -2.48. The molecule has 1 fully saturated rings. The normalized spacial score (nSPS) is 15.6. The molecule has 2 aromatic rings. The van der Waals surface area contributed by atoms with Crippen molar-refractivity contribution in [1.82, 2.24) is 9.55 Å². The van der Waals surface area contributed by atoms with Crippen molar-refractivity contribution >= 4 is 20.3 Å². The van der Waals surface area contributed by atoms with Crippen LogP contribution in [0, 0.1) is 18.3 Å². The van der Waals surface area contributed by atoms with Crippen molar-refractivity contribution in [2.45, 2.75) is 406 Å². The Morgan fingerprint density at radius 2 is 0.832 bits per heavy atom. The van der Waals surface area contributed by atoms with Gasteiger partial charge >= 0.3 is 17.6 Å². The number of aromatic nitrogens is 2. The molecule has 1 aliphatic rings. The molecule has 0 amide bonds. The second kappa shape index (κ2) is 55.2. The van der Waals surface area contributed by atoms with Crippen LogP contribution >= 0.6 is 0 Å². The summed E-state index contributed by atoms with van der Waals surface area (Å²) in [6, 6.07) is 6.27. The van der Waals surface area contributed by atoms with E-state index >= 15 is 0 Å². The number of nitrogens with zero attached hydrogens (tertiary/aromatic N) is 1. The molecule has 1 unspecified atom stereocenters. The van der Waals surface area contributed by atoms with E-state index in [9.17, 15) is 29.4 Å². The summed E-state index contributed by atoms with van der Waals surface area (Å²) in [6.45, 7) is 16.2. The number of carboxylic acid groups (broad SMARTS) is 2. The topological polar surface area (TPSA) is 176 Å². The maximum absolute atomic E-state index is 14.4. The second-order valence-electron chi connectivity index (χ2n) is 29.1. The third-order valence-electron chi connectivity index (χ3n) is 21.1. The van der Waals surface area contributed by atoms with E-state index in [0.717, 1.165) is 75.9 Å². The Bertz CT molecular complexity index is 2270. The molecular formula is C81H146N2O11Si. The first-order valence-corrected chi connectivity index (χ1v) is 43.0. The number of rotatable bonds is 67. The number of nitrogens with one attached hydrogen (secondary N) is 1. The fraction of sp³-hybridized carbons (Fsp3) is 0.852. The molecule has 3 rings (SSSR count). The highest BCUT2D eigenvalue weighted by Crippen LogP contribution is 2.50. The van der Waals surface area contributed by atoms with Gasteiger partial charge in [-0.15, -0.1) is 0 Å². The van der Waals surface area contributed by atoms with Crippen LogP contribution in [0.4, 0.5) is 0 Å². The first-order chi connectivity index (χ1) is 46.3. The number of H-pyrrole nitrogens is 1. The van der Waals surface area contributed by atoms with Crippen molar-refractivity contribution < 1.29 is 43.2 Å². The van der Waals surface area contributed by atoms with Crippen LogP contribution in [-0.4, -0.2) is 72.6 Å². The lowest BCUT2D eigenvalue weighted by Gasteiger charge is -2.38. The summed E-state index contributed by atoms with van der Waals surface area (Å²) in [5.41, 5.74) is -2.28. The van der Waals surface area contributed by atoms with Gasteiger partial charge in [0, 0.05) is 17.7 Å². The number of carboxylic acids is 2. The largest absolute Gasteiger partial charge is 0.490 e. The van der Waals surface area contributed by atoms with Gasteiger partial charge in [0.25, 0.3) is 5.56 Å². The van der Waals surface area contributed by atoms with Gasteiger partial charge in [0.05, 0.1) is 44.4 Å². The molecular weight excluding hydrogens is 1200 g/mol. The highest BCUT2D eigenvalue weighted by Gasteiger charge is 2.56. The van der Waals surface area contributed by atoms with Crippen molar-refractivity contribution in [1.29, 1.82) is 0 Å². The first kappa shape index (κ1) is 85.6. The molecule has 0 saturated carbocycles. The van der Waals surface area contributed by atoms with Gasteiger partial charge in [-0.1, -0.05) is 330 Å². The van der Waals surface area contributed by atoms with Gasteiger partial charge in [-0.3, -0.25) is 23.9 Å². The molecule has 0 spiro atoms. The maximum atomic E-state index is 14.4. The standard InChI is InChI=1S/C81H146N2O11Si/c1-8-14-17-20-23-26-29-32-35-38-41-44-47-50-53-56-59-90-72-62-70(65-81(79(87)88,66-76(84)85)71-64-75(83-67-69(7)78(86)82-80(83)89)94-74(71)68-93-95(11-4,12-5)13-6)63-73(91-60-57-54-51-48-45-42-39-36-33-30-27-24-21-18-15-9-2)77(72)92-61-58-55-52-49-46-43-40-37-34-31-28-25-22-19-16-10-3/h62-63,67,71,74-75H,8-61,64-66,68H2,1-7H3,(H,84,85)(H,87,88)(H,82,86,89)/t71-,74+,75+,81?/m0/s1. The highest BCUT2D eigenvalue weighted by atomic mass is 28.4. The number of aromatic amines is 1. The predicted molar refractivity (Wildman–Crippen MR) is 399 cm³/mol. The van der Waals surface area contributed by atoms with Crippen molar-refractivity contribution in [3.05, 3.63) is 50.3 Å². The van der Waals surface area contributed by atoms with E-state index in [1.54, 1.807) is 6.92 Å². The summed E-state index contributed by atoms with van der Waals surface area (Å²) in [4.78, 5) is 56.3. The highest BCUT2D eigenvalue weighted by molar-refractivity contribution is 6.73. The Hall–Kier alpha value is -3.62. The Balaban J connectivity index is 1.89. The van der Waals surface area contributed by atoms with Crippen LogP contribution in [0.25, 0.3) is 0 Å². The van der Waals surface area contributed by atoms with Crippen LogP contribution in [0.2, 0.25) is 18.1 Å². The number of hydrogen-bond acceptors (Lipinski definition) is 9. The Morgan fingerprint density at radius 1 is 0.505 bits per heavy atom. The van der Waals surface area contributed by atoms with E-state index in [0.29, 0.717) is 48.2 Å². The molecule has 1 aromatic carbocycles. The molecule has 95 heavy (non-hydrogen) atoms. The third-order valence-corrected chi connectivity index (χ3v) is 25.8. The fourth-order valence-corrected chi connectivity index (χ4v) is 17.2. The molecule has 13 nitrogen and oxygen atoms in total. The molecule has 0 aliphatic carbocycles. The number of ether oxygens (including phenoxy) is 4. The lowest BCUT2D eigenvalue weighted by atomic mass is 9.66. The van der Waals surface area contributed by atoms with E-state index in [1.165, 1.54) is 261 Å². The summed E-state index contributed by atoms with van der Waals surface area (Å²) in [5.74, 6) is -1.97. The van der Waals surface area contributed by atoms with E-state index in [1.807, 2.05) is 12.1 Å². The second-order valence-corrected chi connectivity index (χ2v) is 33.9. The fourth-order valence-electron chi connectivity index (χ4n) is 14.6. The van der Waals surface area contributed by atoms with Gasteiger partial charge in [0.15, 0.2) is 19.8 Å². The number of hydrogen-bond donors (Lipinski definition) is 3. The SMILES string of the molecule is CCCCCCCCCCCCCCCCCCOc1cc(CC(CC(=O)O)(C(=O)O)[C@H]2C[C@H](n3cc(C)c(=O)[nH]c3=O)O[C@@H]2CO[Si](CC)(CC)CC)cc(OCCCCCCCCCCCCCCCCCC)c1OCCCCCCCCCCCCCCCCCC. The molecule has 2 heterocycles. The summed E-state index contributed by atoms with van der Waals surface area (Å²) in [7, 11) is -2.28. The van der Waals surface area contributed by atoms with Crippen LogP contribution in [0.1, 0.15) is 380 Å². The summed E-state index contributed by atoms with van der Waals surface area (Å²) >= 11 is 0. The van der Waals surface area contributed by atoms with Crippen molar-refractivity contribution in [2.24, 2.45) is 11.3 Å². The van der Waals surface area contributed by atoms with Gasteiger partial charge < -0.3 is 33.6 Å². The zero-order chi connectivity index (χ0) is 68.9. The van der Waals surface area contributed by atoms with Crippen LogP contribution < -0.4 is 25.5 Å². The average molecular weight is 1350 g/mol. The third kappa shape index (κ3) is 36.9. The molecule has 1 aromatic heterocycles. The van der Waals surface area contributed by atoms with E-state index < -0.39 is 61.6 Å². The van der Waals surface area contributed by atoms with Gasteiger partial charge in [0.1, 0.15) is 6.23 Å². The Labute approximate surface area is 581 Å². The Morgan fingerprint density at radius 3 is 1.15 bits per heavy atom. The monoisotopic (exact) mass is 1350 g/mol. The minimum atomic E-state index is -2.28. The first-order valence-electron chi connectivity index (χ1n) is 40.5. The molecule has 0 radical (unpaired) electrons. The number of carbonyl (C=O) groups is 2. The molecule has 4 atom stereocenters. The van der Waals surface area contributed by atoms with Crippen molar-refractivity contribution in [3.63, 3.8) is 0 Å². The molecule has 0 bridgehead atoms. The average Bonchev–Trinajstić information content (AvgIpc) is 1.68. The maximum Gasteiger partial charge on any atom is 0.330 e. The number of aryl methyl sites for hydroxylation is 1. The zero-order valence-electron chi connectivity index (χ0n) is 62.5. The van der Waals surface area contributed by atoms with Crippen molar-refractivity contribution in [3.8, 4) is 17.2 Å². The minimum Gasteiger partial charge on any atom is -0.490 e. The van der Waals surface area contributed by atoms with Gasteiger partial charge in [0.2, 0.25) is 5.75 Å². The molecule has 550 valence electrons. The smallest absolute Gasteiger partial charge is 0.330 e. The van der Waals surface area contributed by atoms with Gasteiger partial charge in [-0.2, -0.15) is 0 Å². The number of benzene rings is 1. The van der Waals surface area contributed by atoms with Crippen LogP contribution in [-0.2, 0) is 25.2 Å². The lowest BCUT2D eigenvalue weighted by molar-refractivity contribution is -0.162. The summed E-state index contributed by atoms with van der Waals surface area (Å²) < 4.78 is 35.3. The Kier molecular flexibility index (Phi) is 49.7. The van der Waals surface area contributed by atoms with Crippen LogP contribution in [0.15, 0.2) is 27.9 Å². The number of aliphatic carboxylic acids is 2. The van der Waals surface area contributed by atoms with Crippen molar-refractivity contribution in [2.75, 3.05) is 26.4 Å². The minimum absolute atomic E-state index is 0.00363. The van der Waals surface area contributed by atoms with Crippen LogP contribution in [0.5, 0.6) is 17.2 Å². The molecule has 3 N–H and O–H groups in total. The van der Waals surface area contributed by atoms with Gasteiger partial charge in [-0.05, 0) is 74.9 Å².